The highest BCUT2D eigenvalue weighted by Gasteiger charge is 2.28. The minimum atomic E-state index is -0.526. The number of rotatable bonds is 3. The topological polar surface area (TPSA) is 38.3 Å². The van der Waals surface area contributed by atoms with E-state index in [0.717, 1.165) is 0 Å². The van der Waals surface area contributed by atoms with Crippen molar-refractivity contribution in [2.75, 3.05) is 11.9 Å². The highest BCUT2D eigenvalue weighted by molar-refractivity contribution is 6.31. The van der Waals surface area contributed by atoms with Gasteiger partial charge in [0.25, 0.3) is 0 Å². The molecule has 0 aromatic heterocycles. The Kier molecular flexibility index (Phi) is 4.58. The number of anilines is 1. The summed E-state index contributed by atoms with van der Waals surface area (Å²) < 4.78 is 5.51. The molecule has 0 saturated heterocycles. The van der Waals surface area contributed by atoms with Crippen molar-refractivity contribution in [3.63, 3.8) is 0 Å². The first-order valence-electron chi connectivity index (χ1n) is 8.55. The van der Waals surface area contributed by atoms with E-state index < -0.39 is 6.09 Å². The van der Waals surface area contributed by atoms with Crippen molar-refractivity contribution in [2.45, 2.75) is 5.92 Å². The molecule has 4 rings (SSSR count). The standard InChI is InChI=1S/C23H16ClNO2/c1-2-15-13-16(11-12-22(15)24)25-23(26)27-14-21-19-9-5-3-7-17(19)18-8-4-6-10-20(18)21/h1,3-13,21H,14H2,(H,25,26). The molecule has 0 aliphatic heterocycles. The smallest absolute Gasteiger partial charge is 0.411 e. The van der Waals surface area contributed by atoms with Gasteiger partial charge in [-0.25, -0.2) is 4.79 Å². The highest BCUT2D eigenvalue weighted by atomic mass is 35.5. The SMILES string of the molecule is C#Cc1cc(NC(=O)OCC2c3ccccc3-c3ccccc32)ccc1Cl. The Morgan fingerprint density at radius 2 is 1.67 bits per heavy atom. The van der Waals surface area contributed by atoms with Crippen molar-refractivity contribution in [3.05, 3.63) is 88.4 Å². The number of hydrogen-bond acceptors (Lipinski definition) is 2. The average molecular weight is 374 g/mol. The minimum Gasteiger partial charge on any atom is -0.448 e. The van der Waals surface area contributed by atoms with Crippen LogP contribution in [-0.2, 0) is 4.74 Å². The van der Waals surface area contributed by atoms with Crippen LogP contribution in [0, 0.1) is 12.3 Å². The number of terminal acetylenes is 1. The Balaban J connectivity index is 1.49. The van der Waals surface area contributed by atoms with Crippen LogP contribution in [0.1, 0.15) is 22.6 Å². The van der Waals surface area contributed by atoms with E-state index in [1.54, 1.807) is 18.2 Å². The molecule has 3 aromatic carbocycles. The molecule has 0 spiro atoms. The minimum absolute atomic E-state index is 0.0228. The second-order valence-electron chi connectivity index (χ2n) is 6.29. The maximum Gasteiger partial charge on any atom is 0.411 e. The fourth-order valence-corrected chi connectivity index (χ4v) is 3.64. The molecule has 0 saturated carbocycles. The van der Waals surface area contributed by atoms with E-state index in [1.807, 2.05) is 24.3 Å². The van der Waals surface area contributed by atoms with Gasteiger partial charge in [-0.2, -0.15) is 0 Å². The normalized spacial score (nSPS) is 12.0. The molecular weight excluding hydrogens is 358 g/mol. The first kappa shape index (κ1) is 17.2. The summed E-state index contributed by atoms with van der Waals surface area (Å²) >= 11 is 5.99. The summed E-state index contributed by atoms with van der Waals surface area (Å²) in [5, 5.41) is 3.17. The first-order valence-corrected chi connectivity index (χ1v) is 8.93. The van der Waals surface area contributed by atoms with Gasteiger partial charge in [-0.15, -0.1) is 6.42 Å². The number of hydrogen-bond donors (Lipinski definition) is 1. The van der Waals surface area contributed by atoms with E-state index in [1.165, 1.54) is 22.3 Å². The van der Waals surface area contributed by atoms with Crippen molar-refractivity contribution in [1.82, 2.24) is 0 Å². The van der Waals surface area contributed by atoms with Gasteiger partial charge < -0.3 is 4.74 Å². The molecule has 0 radical (unpaired) electrons. The first-order chi connectivity index (χ1) is 13.2. The van der Waals surface area contributed by atoms with E-state index in [9.17, 15) is 4.79 Å². The third-order valence-electron chi connectivity index (χ3n) is 4.71. The fourth-order valence-electron chi connectivity index (χ4n) is 3.47. The monoisotopic (exact) mass is 373 g/mol. The fraction of sp³-hybridized carbons (Fsp3) is 0.0870. The van der Waals surface area contributed by atoms with Crippen LogP contribution < -0.4 is 5.32 Å². The lowest BCUT2D eigenvalue weighted by Gasteiger charge is -2.14. The summed E-state index contributed by atoms with van der Waals surface area (Å²) in [6.45, 7) is 0.259. The zero-order valence-electron chi connectivity index (χ0n) is 14.4. The number of fused-ring (bicyclic) bond motifs is 3. The summed E-state index contributed by atoms with van der Waals surface area (Å²) in [6, 6.07) is 21.4. The van der Waals surface area contributed by atoms with Gasteiger partial charge in [-0.1, -0.05) is 66.1 Å². The molecule has 1 amide bonds. The van der Waals surface area contributed by atoms with Crippen molar-refractivity contribution < 1.29 is 9.53 Å². The van der Waals surface area contributed by atoms with Gasteiger partial charge in [0, 0.05) is 17.2 Å². The maximum atomic E-state index is 12.3. The quantitative estimate of drug-likeness (QED) is 0.599. The number of nitrogens with one attached hydrogen (secondary N) is 1. The van der Waals surface area contributed by atoms with E-state index in [2.05, 4.69) is 35.5 Å². The largest absolute Gasteiger partial charge is 0.448 e. The second-order valence-corrected chi connectivity index (χ2v) is 6.70. The van der Waals surface area contributed by atoms with Crippen molar-refractivity contribution >= 4 is 23.4 Å². The van der Waals surface area contributed by atoms with E-state index in [-0.39, 0.29) is 12.5 Å². The highest BCUT2D eigenvalue weighted by Crippen LogP contribution is 2.44. The Labute approximate surface area is 162 Å². The molecule has 0 unspecified atom stereocenters. The summed E-state index contributed by atoms with van der Waals surface area (Å²) in [6.07, 6.45) is 4.88. The molecule has 1 aliphatic carbocycles. The number of carbonyl (C=O) groups is 1. The second kappa shape index (κ2) is 7.19. The number of halogens is 1. The van der Waals surface area contributed by atoms with Crippen LogP contribution in [0.5, 0.6) is 0 Å². The molecule has 4 heteroatoms. The molecule has 132 valence electrons. The van der Waals surface area contributed by atoms with Crippen molar-refractivity contribution in [1.29, 1.82) is 0 Å². The van der Waals surface area contributed by atoms with Gasteiger partial charge in [0.1, 0.15) is 6.61 Å². The summed E-state index contributed by atoms with van der Waals surface area (Å²) in [7, 11) is 0. The van der Waals surface area contributed by atoms with Crippen LogP contribution in [0.3, 0.4) is 0 Å². The van der Waals surface area contributed by atoms with Gasteiger partial charge in [0.2, 0.25) is 0 Å². The lowest BCUT2D eigenvalue weighted by molar-refractivity contribution is 0.158. The van der Waals surface area contributed by atoms with Crippen LogP contribution in [0.25, 0.3) is 11.1 Å². The van der Waals surface area contributed by atoms with Gasteiger partial charge in [0.05, 0.1) is 5.02 Å². The van der Waals surface area contributed by atoms with Crippen LogP contribution in [0.2, 0.25) is 5.02 Å². The van der Waals surface area contributed by atoms with Crippen LogP contribution in [0.15, 0.2) is 66.7 Å². The zero-order valence-corrected chi connectivity index (χ0v) is 15.2. The third-order valence-corrected chi connectivity index (χ3v) is 5.04. The Hall–Kier alpha value is -3.22. The molecule has 3 nitrogen and oxygen atoms in total. The molecule has 0 bridgehead atoms. The molecule has 0 fully saturated rings. The average Bonchev–Trinajstić information content (AvgIpc) is 3.02. The molecule has 0 heterocycles. The van der Waals surface area contributed by atoms with E-state index >= 15 is 0 Å². The van der Waals surface area contributed by atoms with Gasteiger partial charge >= 0.3 is 6.09 Å². The van der Waals surface area contributed by atoms with Crippen LogP contribution >= 0.6 is 11.6 Å². The molecule has 1 N–H and O–H groups in total. The van der Waals surface area contributed by atoms with Gasteiger partial charge in [-0.3, -0.25) is 5.32 Å². The van der Waals surface area contributed by atoms with Gasteiger partial charge in [0.15, 0.2) is 0 Å². The number of amides is 1. The predicted octanol–water partition coefficient (Wildman–Crippen LogP) is 5.68. The number of ether oxygens (including phenoxy) is 1. The molecule has 0 atom stereocenters. The van der Waals surface area contributed by atoms with Crippen LogP contribution in [-0.4, -0.2) is 12.7 Å². The molecule has 1 aliphatic rings. The lowest BCUT2D eigenvalue weighted by atomic mass is 9.98. The molecule has 3 aromatic rings. The lowest BCUT2D eigenvalue weighted by Crippen LogP contribution is -2.18. The summed E-state index contributed by atoms with van der Waals surface area (Å²) in [4.78, 5) is 12.3. The number of benzene rings is 3. The Morgan fingerprint density at radius 3 is 2.30 bits per heavy atom. The van der Waals surface area contributed by atoms with Gasteiger partial charge in [-0.05, 0) is 40.5 Å². The Morgan fingerprint density at radius 1 is 1.04 bits per heavy atom. The molecular formula is C23H16ClNO2. The van der Waals surface area contributed by atoms with E-state index in [4.69, 9.17) is 22.8 Å². The summed E-state index contributed by atoms with van der Waals surface area (Å²) in [5.74, 6) is 2.51. The zero-order chi connectivity index (χ0) is 18.8. The molecule has 27 heavy (non-hydrogen) atoms. The predicted molar refractivity (Wildman–Crippen MR) is 108 cm³/mol. The number of carbonyl (C=O) groups excluding carboxylic acids is 1. The van der Waals surface area contributed by atoms with Crippen molar-refractivity contribution in [2.24, 2.45) is 0 Å². The van der Waals surface area contributed by atoms with Crippen LogP contribution in [0.4, 0.5) is 10.5 Å². The maximum absolute atomic E-state index is 12.3. The third kappa shape index (κ3) is 3.28. The Bertz CT molecular complexity index is 1020. The summed E-state index contributed by atoms with van der Waals surface area (Å²) in [5.41, 5.74) is 5.80. The van der Waals surface area contributed by atoms with E-state index in [0.29, 0.717) is 16.3 Å². The van der Waals surface area contributed by atoms with Crippen molar-refractivity contribution in [3.8, 4) is 23.5 Å².